The number of halogens is 1. The van der Waals surface area contributed by atoms with E-state index in [9.17, 15) is 9.59 Å². The van der Waals surface area contributed by atoms with E-state index in [0.29, 0.717) is 40.1 Å². The highest BCUT2D eigenvalue weighted by Gasteiger charge is 2.28. The number of nitrogens with zero attached hydrogens (tertiary/aromatic N) is 2. The van der Waals surface area contributed by atoms with Gasteiger partial charge in [0.2, 0.25) is 0 Å². The van der Waals surface area contributed by atoms with E-state index >= 15 is 0 Å². The predicted molar refractivity (Wildman–Crippen MR) is 174 cm³/mol. The Kier molecular flexibility index (Phi) is 8.70. The Labute approximate surface area is 256 Å². The molecule has 6 rings (SSSR count). The first kappa shape index (κ1) is 28.9. The third-order valence-corrected chi connectivity index (χ3v) is 8.46. The monoisotopic (exact) mass is 590 g/mol. The van der Waals surface area contributed by atoms with Crippen LogP contribution in [0.15, 0.2) is 114 Å². The van der Waals surface area contributed by atoms with Gasteiger partial charge in [-0.3, -0.25) is 19.1 Å². The summed E-state index contributed by atoms with van der Waals surface area (Å²) < 4.78 is 1.73. The number of hydrogen-bond donors (Lipinski definition) is 2. The lowest BCUT2D eigenvalue weighted by Gasteiger charge is -2.35. The van der Waals surface area contributed by atoms with Crippen molar-refractivity contribution in [1.29, 1.82) is 0 Å². The van der Waals surface area contributed by atoms with E-state index in [1.54, 1.807) is 4.57 Å². The van der Waals surface area contributed by atoms with Crippen LogP contribution >= 0.6 is 11.6 Å². The van der Waals surface area contributed by atoms with Crippen LogP contribution in [0.25, 0.3) is 16.5 Å². The van der Waals surface area contributed by atoms with Gasteiger partial charge in [0.25, 0.3) is 11.5 Å². The number of fused-ring (bicyclic) bond motifs is 1. The third-order valence-electron chi connectivity index (χ3n) is 8.23. The molecule has 2 heterocycles. The quantitative estimate of drug-likeness (QED) is 0.212. The molecule has 6 nitrogen and oxygen atoms in total. The number of benzene rings is 4. The van der Waals surface area contributed by atoms with Gasteiger partial charge in [-0.15, -0.1) is 0 Å². The summed E-state index contributed by atoms with van der Waals surface area (Å²) in [5, 5.41) is 8.80. The topological polar surface area (TPSA) is 66.4 Å². The van der Waals surface area contributed by atoms with Gasteiger partial charge < -0.3 is 10.6 Å². The summed E-state index contributed by atoms with van der Waals surface area (Å²) in [5.74, 6) is -0.187. The summed E-state index contributed by atoms with van der Waals surface area (Å²) >= 11 is 6.32. The SMILES string of the molecule is CC[C@H](NC(=O)c1c(CN2CCNC(c3cccc(Cl)c3)C2)n(-c2ccccc2)c(=O)c2ccccc12)c1ccccc1. The van der Waals surface area contributed by atoms with Crippen LogP contribution in [0.5, 0.6) is 0 Å². The fraction of sp³-hybridized carbons (Fsp3) is 0.222. The van der Waals surface area contributed by atoms with Crippen molar-refractivity contribution in [2.45, 2.75) is 32.0 Å². The first-order valence-electron chi connectivity index (χ1n) is 14.8. The van der Waals surface area contributed by atoms with Gasteiger partial charge >= 0.3 is 0 Å². The number of rotatable bonds is 8. The fourth-order valence-electron chi connectivity index (χ4n) is 6.10. The number of carbonyl (C=O) groups excluding carboxylic acids is 1. The van der Waals surface area contributed by atoms with Gasteiger partial charge in [0.1, 0.15) is 0 Å². The molecule has 1 aromatic heterocycles. The van der Waals surface area contributed by atoms with Gasteiger partial charge in [-0.05, 0) is 47.9 Å². The molecule has 43 heavy (non-hydrogen) atoms. The van der Waals surface area contributed by atoms with E-state index in [1.807, 2.05) is 103 Å². The standard InChI is InChI=1S/C36H35ClN4O2/c1-2-31(25-12-5-3-6-13-25)39-35(42)34-29-18-9-10-19-30(29)36(43)41(28-16-7-4-8-17-28)33(34)24-40-21-20-38-32(23-40)26-14-11-15-27(37)22-26/h3-19,22,31-32,38H,2,20-21,23-24H2,1H3,(H,39,42)/t31-,32?/m0/s1. The molecule has 0 saturated carbocycles. The Bertz CT molecular complexity index is 1790. The van der Waals surface area contributed by atoms with Crippen molar-refractivity contribution >= 4 is 28.3 Å². The third kappa shape index (κ3) is 6.13. The highest BCUT2D eigenvalue weighted by molar-refractivity contribution is 6.30. The smallest absolute Gasteiger partial charge is 0.263 e. The average Bonchev–Trinajstić information content (AvgIpc) is 3.05. The van der Waals surface area contributed by atoms with Crippen LogP contribution in [0.2, 0.25) is 5.02 Å². The molecule has 1 amide bonds. The van der Waals surface area contributed by atoms with Crippen LogP contribution in [0.3, 0.4) is 0 Å². The minimum atomic E-state index is -0.187. The number of carbonyl (C=O) groups is 1. The lowest BCUT2D eigenvalue weighted by molar-refractivity contribution is 0.0933. The Morgan fingerprint density at radius 2 is 1.63 bits per heavy atom. The predicted octanol–water partition coefficient (Wildman–Crippen LogP) is 6.67. The molecule has 1 unspecified atom stereocenters. The summed E-state index contributed by atoms with van der Waals surface area (Å²) in [6.45, 7) is 4.75. The maximum Gasteiger partial charge on any atom is 0.263 e. The number of nitrogens with one attached hydrogen (secondary N) is 2. The van der Waals surface area contributed by atoms with Crippen LogP contribution < -0.4 is 16.2 Å². The number of pyridine rings is 1. The first-order chi connectivity index (χ1) is 21.0. The Morgan fingerprint density at radius 1 is 0.930 bits per heavy atom. The van der Waals surface area contributed by atoms with Crippen molar-refractivity contribution in [3.05, 3.63) is 147 Å². The van der Waals surface area contributed by atoms with Crippen LogP contribution in [0.4, 0.5) is 0 Å². The van der Waals surface area contributed by atoms with Crippen LogP contribution in [0, 0.1) is 0 Å². The molecule has 0 radical (unpaired) electrons. The van der Waals surface area contributed by atoms with E-state index in [1.165, 1.54) is 0 Å². The zero-order valence-corrected chi connectivity index (χ0v) is 24.9. The zero-order valence-electron chi connectivity index (χ0n) is 24.2. The highest BCUT2D eigenvalue weighted by Crippen LogP contribution is 2.28. The summed E-state index contributed by atoms with van der Waals surface area (Å²) in [6.07, 6.45) is 0.737. The molecule has 2 N–H and O–H groups in total. The van der Waals surface area contributed by atoms with Gasteiger partial charge in [0.15, 0.2) is 0 Å². The second-order valence-electron chi connectivity index (χ2n) is 11.0. The molecule has 5 aromatic rings. The van der Waals surface area contributed by atoms with Gasteiger partial charge in [0, 0.05) is 53.7 Å². The van der Waals surface area contributed by atoms with Crippen molar-refractivity contribution in [2.75, 3.05) is 19.6 Å². The van der Waals surface area contributed by atoms with Crippen LogP contribution in [-0.2, 0) is 6.54 Å². The minimum absolute atomic E-state index is 0.0737. The van der Waals surface area contributed by atoms with E-state index < -0.39 is 0 Å². The number of para-hydroxylation sites is 1. The summed E-state index contributed by atoms with van der Waals surface area (Å²) in [4.78, 5) is 30.9. The molecule has 1 saturated heterocycles. The molecule has 1 aliphatic rings. The summed E-state index contributed by atoms with van der Waals surface area (Å²) in [6, 6.07) is 34.9. The Balaban J connectivity index is 1.47. The summed E-state index contributed by atoms with van der Waals surface area (Å²) in [7, 11) is 0. The van der Waals surface area contributed by atoms with Crippen molar-refractivity contribution in [1.82, 2.24) is 20.1 Å². The second kappa shape index (κ2) is 13.0. The van der Waals surface area contributed by atoms with E-state index in [2.05, 4.69) is 28.5 Å². The van der Waals surface area contributed by atoms with Gasteiger partial charge in [-0.25, -0.2) is 0 Å². The number of hydrogen-bond acceptors (Lipinski definition) is 4. The van der Waals surface area contributed by atoms with Gasteiger partial charge in [-0.2, -0.15) is 0 Å². The van der Waals surface area contributed by atoms with Crippen molar-refractivity contribution in [3.8, 4) is 5.69 Å². The normalized spacial score (nSPS) is 16.2. The molecule has 1 aliphatic heterocycles. The molecular formula is C36H35ClN4O2. The minimum Gasteiger partial charge on any atom is -0.345 e. The first-order valence-corrected chi connectivity index (χ1v) is 15.2. The fourth-order valence-corrected chi connectivity index (χ4v) is 6.30. The maximum atomic E-state index is 14.4. The molecule has 4 aromatic carbocycles. The van der Waals surface area contributed by atoms with Gasteiger partial charge in [-0.1, -0.05) is 97.4 Å². The lowest BCUT2D eigenvalue weighted by Crippen LogP contribution is -2.46. The molecule has 7 heteroatoms. The Morgan fingerprint density at radius 3 is 2.35 bits per heavy atom. The highest BCUT2D eigenvalue weighted by atomic mass is 35.5. The Hall–Kier alpha value is -4.23. The molecule has 0 bridgehead atoms. The van der Waals surface area contributed by atoms with Crippen molar-refractivity contribution in [2.24, 2.45) is 0 Å². The molecule has 0 spiro atoms. The molecule has 2 atom stereocenters. The second-order valence-corrected chi connectivity index (χ2v) is 11.4. The average molecular weight is 591 g/mol. The van der Waals surface area contributed by atoms with E-state index in [4.69, 9.17) is 11.6 Å². The molecule has 218 valence electrons. The molecular weight excluding hydrogens is 556 g/mol. The van der Waals surface area contributed by atoms with E-state index in [0.717, 1.165) is 36.3 Å². The molecule has 1 fully saturated rings. The van der Waals surface area contributed by atoms with Crippen molar-refractivity contribution in [3.63, 3.8) is 0 Å². The maximum absolute atomic E-state index is 14.4. The van der Waals surface area contributed by atoms with Crippen LogP contribution in [-0.4, -0.2) is 35.0 Å². The van der Waals surface area contributed by atoms with Gasteiger partial charge in [0.05, 0.1) is 17.3 Å². The van der Waals surface area contributed by atoms with Crippen LogP contribution in [0.1, 0.15) is 52.6 Å². The summed E-state index contributed by atoms with van der Waals surface area (Å²) in [5.41, 5.74) is 3.98. The van der Waals surface area contributed by atoms with E-state index in [-0.39, 0.29) is 23.6 Å². The number of amides is 1. The van der Waals surface area contributed by atoms with Crippen molar-refractivity contribution < 1.29 is 4.79 Å². The lowest BCUT2D eigenvalue weighted by atomic mass is 9.99. The zero-order chi connectivity index (χ0) is 29.8. The number of piperazine rings is 1. The largest absolute Gasteiger partial charge is 0.345 e. The molecule has 0 aliphatic carbocycles. The number of aromatic nitrogens is 1.